The molecule has 1 amide bonds. The second-order valence-corrected chi connectivity index (χ2v) is 5.63. The number of fused-ring (bicyclic) bond motifs is 1. The van der Waals surface area contributed by atoms with Crippen molar-refractivity contribution in [3.63, 3.8) is 0 Å². The number of carbonyl (C=O) groups excluding carboxylic acids is 1. The van der Waals surface area contributed by atoms with Crippen molar-refractivity contribution in [2.24, 2.45) is 11.8 Å². The van der Waals surface area contributed by atoms with Gasteiger partial charge >= 0.3 is 0 Å². The molecule has 2 aliphatic heterocycles. The number of nitrogens with zero attached hydrogens (tertiary/aromatic N) is 2. The Bertz CT molecular complexity index is 473. The van der Waals surface area contributed by atoms with E-state index in [0.29, 0.717) is 30.3 Å². The van der Waals surface area contributed by atoms with Crippen molar-refractivity contribution in [3.05, 3.63) is 11.8 Å². The number of likely N-dealkylation sites (tertiary alicyclic amines) is 1. The fraction of sp³-hybridized carbons (Fsp3) is 0.692. The number of amides is 1. The number of aromatic nitrogens is 1. The molecule has 2 fully saturated rings. The van der Waals surface area contributed by atoms with Gasteiger partial charge in [-0.3, -0.25) is 15.0 Å². The Labute approximate surface area is 112 Å². The maximum atomic E-state index is 12.0. The third-order valence-electron chi connectivity index (χ3n) is 4.29. The predicted octanol–water partition coefficient (Wildman–Crippen LogP) is 0.461. The lowest BCUT2D eigenvalue weighted by Crippen LogP contribution is -2.38. The van der Waals surface area contributed by atoms with E-state index >= 15 is 0 Å². The van der Waals surface area contributed by atoms with Crippen LogP contribution < -0.4 is 10.6 Å². The lowest BCUT2D eigenvalue weighted by Gasteiger charge is -2.23. The summed E-state index contributed by atoms with van der Waals surface area (Å²) in [5.74, 6) is 1.77. The minimum atomic E-state index is -0.0315. The molecule has 3 unspecified atom stereocenters. The van der Waals surface area contributed by atoms with Gasteiger partial charge in [-0.1, -0.05) is 5.16 Å². The van der Waals surface area contributed by atoms with E-state index in [2.05, 4.69) is 27.6 Å². The van der Waals surface area contributed by atoms with E-state index in [1.165, 1.54) is 0 Å². The van der Waals surface area contributed by atoms with Crippen molar-refractivity contribution in [1.29, 1.82) is 0 Å². The van der Waals surface area contributed by atoms with E-state index in [4.69, 9.17) is 4.52 Å². The minimum Gasteiger partial charge on any atom is -0.338 e. The molecule has 3 heterocycles. The number of aryl methyl sites for hydroxylation is 1. The average molecular weight is 264 g/mol. The van der Waals surface area contributed by atoms with E-state index < -0.39 is 0 Å². The van der Waals surface area contributed by atoms with Crippen LogP contribution >= 0.6 is 0 Å². The summed E-state index contributed by atoms with van der Waals surface area (Å²) < 4.78 is 4.99. The summed E-state index contributed by atoms with van der Waals surface area (Å²) in [6.07, 6.45) is 0. The van der Waals surface area contributed by atoms with Crippen molar-refractivity contribution in [2.75, 3.05) is 31.5 Å². The van der Waals surface area contributed by atoms with Crippen molar-refractivity contribution in [2.45, 2.75) is 19.9 Å². The van der Waals surface area contributed by atoms with Crippen LogP contribution in [0.3, 0.4) is 0 Å². The number of carbonyl (C=O) groups is 1. The standard InChI is InChI=1S/C13H20N4O2/c1-8-3-13(19-16-8)15-12(18)7-17-6-10-4-14-5-11(10)9(17)2/h3,9-11,14H,4-7H2,1-2H3,(H,15,18). The zero-order chi connectivity index (χ0) is 13.4. The molecule has 2 N–H and O–H groups in total. The van der Waals surface area contributed by atoms with Crippen LogP contribution in [-0.2, 0) is 4.79 Å². The smallest absolute Gasteiger partial charge is 0.240 e. The fourth-order valence-corrected chi connectivity index (χ4v) is 3.25. The Kier molecular flexibility index (Phi) is 3.28. The summed E-state index contributed by atoms with van der Waals surface area (Å²) in [5, 5.41) is 9.92. The number of rotatable bonds is 3. The molecule has 1 aromatic heterocycles. The zero-order valence-electron chi connectivity index (χ0n) is 11.3. The highest BCUT2D eigenvalue weighted by Crippen LogP contribution is 2.31. The van der Waals surface area contributed by atoms with E-state index in [9.17, 15) is 4.79 Å². The predicted molar refractivity (Wildman–Crippen MR) is 70.8 cm³/mol. The van der Waals surface area contributed by atoms with E-state index in [-0.39, 0.29) is 5.91 Å². The lowest BCUT2D eigenvalue weighted by atomic mass is 9.95. The Morgan fingerprint density at radius 3 is 3.16 bits per heavy atom. The topological polar surface area (TPSA) is 70.4 Å². The van der Waals surface area contributed by atoms with Crippen LogP contribution in [0.25, 0.3) is 0 Å². The molecular formula is C13H20N4O2. The number of nitrogens with one attached hydrogen (secondary N) is 2. The maximum Gasteiger partial charge on any atom is 0.240 e. The molecule has 6 nitrogen and oxygen atoms in total. The van der Waals surface area contributed by atoms with Gasteiger partial charge in [0.15, 0.2) is 0 Å². The van der Waals surface area contributed by atoms with Crippen LogP contribution in [0.15, 0.2) is 10.6 Å². The number of hydrogen-bond acceptors (Lipinski definition) is 5. The SMILES string of the molecule is Cc1cc(NC(=O)CN2CC3CNCC3C2C)on1. The Balaban J connectivity index is 1.55. The molecule has 2 aliphatic rings. The monoisotopic (exact) mass is 264 g/mol. The third kappa shape index (κ3) is 2.50. The van der Waals surface area contributed by atoms with Gasteiger partial charge in [-0.05, 0) is 38.8 Å². The summed E-state index contributed by atoms with van der Waals surface area (Å²) >= 11 is 0. The average Bonchev–Trinajstić information content (AvgIpc) is 3.01. The first kappa shape index (κ1) is 12.6. The van der Waals surface area contributed by atoms with Gasteiger partial charge in [0.1, 0.15) is 0 Å². The third-order valence-corrected chi connectivity index (χ3v) is 4.29. The lowest BCUT2D eigenvalue weighted by molar-refractivity contribution is -0.117. The molecule has 3 atom stereocenters. The second-order valence-electron chi connectivity index (χ2n) is 5.63. The van der Waals surface area contributed by atoms with Gasteiger partial charge in [0.2, 0.25) is 11.8 Å². The molecule has 0 aliphatic carbocycles. The minimum absolute atomic E-state index is 0.0315. The van der Waals surface area contributed by atoms with Crippen LogP contribution in [-0.4, -0.2) is 48.2 Å². The van der Waals surface area contributed by atoms with Crippen molar-refractivity contribution >= 4 is 11.8 Å². The molecular weight excluding hydrogens is 244 g/mol. The summed E-state index contributed by atoms with van der Waals surface area (Å²) in [4.78, 5) is 14.2. The van der Waals surface area contributed by atoms with Gasteiger partial charge < -0.3 is 9.84 Å². The van der Waals surface area contributed by atoms with Crippen LogP contribution in [0.2, 0.25) is 0 Å². The van der Waals surface area contributed by atoms with Gasteiger partial charge in [0.05, 0.1) is 12.2 Å². The Hall–Kier alpha value is -1.40. The first-order valence-electron chi connectivity index (χ1n) is 6.81. The highest BCUT2D eigenvalue weighted by Gasteiger charge is 2.42. The molecule has 1 aromatic rings. The molecule has 0 saturated carbocycles. The van der Waals surface area contributed by atoms with Crippen LogP contribution in [0.1, 0.15) is 12.6 Å². The molecule has 3 rings (SSSR count). The quantitative estimate of drug-likeness (QED) is 0.830. The fourth-order valence-electron chi connectivity index (χ4n) is 3.25. The van der Waals surface area contributed by atoms with Crippen molar-refractivity contribution in [3.8, 4) is 0 Å². The van der Waals surface area contributed by atoms with Gasteiger partial charge in [-0.15, -0.1) is 0 Å². The zero-order valence-corrected chi connectivity index (χ0v) is 11.3. The van der Waals surface area contributed by atoms with Gasteiger partial charge in [-0.25, -0.2) is 0 Å². The summed E-state index contributed by atoms with van der Waals surface area (Å²) in [5.41, 5.74) is 0.769. The molecule has 6 heteroatoms. The normalized spacial score (nSPS) is 30.5. The van der Waals surface area contributed by atoms with Crippen molar-refractivity contribution in [1.82, 2.24) is 15.4 Å². The van der Waals surface area contributed by atoms with Crippen LogP contribution in [0, 0.1) is 18.8 Å². The van der Waals surface area contributed by atoms with Crippen LogP contribution in [0.5, 0.6) is 0 Å². The molecule has 104 valence electrons. The summed E-state index contributed by atoms with van der Waals surface area (Å²) in [6.45, 7) is 7.62. The van der Waals surface area contributed by atoms with Gasteiger partial charge in [0, 0.05) is 18.7 Å². The summed E-state index contributed by atoms with van der Waals surface area (Å²) in [7, 11) is 0. The van der Waals surface area contributed by atoms with Gasteiger partial charge in [0.25, 0.3) is 0 Å². The van der Waals surface area contributed by atoms with E-state index in [1.807, 2.05) is 6.92 Å². The molecule has 0 radical (unpaired) electrons. The molecule has 2 saturated heterocycles. The van der Waals surface area contributed by atoms with Gasteiger partial charge in [-0.2, -0.15) is 0 Å². The summed E-state index contributed by atoms with van der Waals surface area (Å²) in [6, 6.07) is 2.19. The molecule has 0 aromatic carbocycles. The van der Waals surface area contributed by atoms with Crippen molar-refractivity contribution < 1.29 is 9.32 Å². The highest BCUT2D eigenvalue weighted by atomic mass is 16.5. The van der Waals surface area contributed by atoms with E-state index in [0.717, 1.165) is 25.3 Å². The molecule has 0 bridgehead atoms. The highest BCUT2D eigenvalue weighted by molar-refractivity contribution is 5.91. The Morgan fingerprint density at radius 1 is 1.63 bits per heavy atom. The first-order chi connectivity index (χ1) is 9.13. The molecule has 19 heavy (non-hydrogen) atoms. The van der Waals surface area contributed by atoms with E-state index in [1.54, 1.807) is 6.07 Å². The first-order valence-corrected chi connectivity index (χ1v) is 6.81. The molecule has 0 spiro atoms. The Morgan fingerprint density at radius 2 is 2.47 bits per heavy atom. The second kappa shape index (κ2) is 4.94. The van der Waals surface area contributed by atoms with Crippen LogP contribution in [0.4, 0.5) is 5.88 Å². The number of anilines is 1. The largest absolute Gasteiger partial charge is 0.338 e. The maximum absolute atomic E-state index is 12.0. The number of hydrogen-bond donors (Lipinski definition) is 2.